The van der Waals surface area contributed by atoms with Gasteiger partial charge in [-0.3, -0.25) is 0 Å². The van der Waals surface area contributed by atoms with Crippen molar-refractivity contribution in [1.29, 1.82) is 0 Å². The molecule has 0 aliphatic heterocycles. The quantitative estimate of drug-likeness (QED) is 0.858. The van der Waals surface area contributed by atoms with Gasteiger partial charge in [-0.25, -0.2) is 8.78 Å². The van der Waals surface area contributed by atoms with Crippen molar-refractivity contribution in [3.8, 4) is 5.75 Å². The molecule has 1 aliphatic carbocycles. The van der Waals surface area contributed by atoms with Crippen LogP contribution in [0.1, 0.15) is 30.4 Å². The fourth-order valence-corrected chi connectivity index (χ4v) is 1.88. The van der Waals surface area contributed by atoms with Gasteiger partial charge < -0.3 is 10.5 Å². The molecule has 1 saturated carbocycles. The third kappa shape index (κ3) is 2.16. The molecule has 0 heterocycles. The smallest absolute Gasteiger partial charge is 0.267 e. The zero-order chi connectivity index (χ0) is 11.8. The van der Waals surface area contributed by atoms with Crippen LogP contribution in [0.3, 0.4) is 0 Å². The minimum Gasteiger partial charge on any atom is -0.496 e. The van der Waals surface area contributed by atoms with E-state index in [1.807, 2.05) is 0 Å². The van der Waals surface area contributed by atoms with Gasteiger partial charge >= 0.3 is 0 Å². The van der Waals surface area contributed by atoms with E-state index in [9.17, 15) is 8.78 Å². The van der Waals surface area contributed by atoms with E-state index >= 15 is 0 Å². The molecule has 4 heteroatoms. The molecule has 0 spiro atoms. The molecule has 1 aliphatic rings. The predicted octanol–water partition coefficient (Wildman–Crippen LogP) is 2.67. The minimum absolute atomic E-state index is 0.0516. The summed E-state index contributed by atoms with van der Waals surface area (Å²) in [6.45, 7) is 0. The van der Waals surface area contributed by atoms with Crippen LogP contribution in [-0.2, 0) is 6.42 Å². The van der Waals surface area contributed by atoms with Crippen molar-refractivity contribution in [3.05, 3.63) is 29.3 Å². The SMILES string of the molecule is COc1c(CC2(N)CC2)cccc1C(F)F. The standard InChI is InChI=1S/C12H15F2NO/c1-16-10-8(7-12(15)5-6-12)3-2-4-9(10)11(13)14/h2-4,11H,5-7,15H2,1H3. The second-order valence-corrected chi connectivity index (χ2v) is 4.38. The first kappa shape index (κ1) is 11.3. The lowest BCUT2D eigenvalue weighted by atomic mass is 10.0. The number of nitrogens with two attached hydrogens (primary N) is 1. The molecule has 0 atom stereocenters. The summed E-state index contributed by atoms with van der Waals surface area (Å²) in [6, 6.07) is 4.83. The van der Waals surface area contributed by atoms with Crippen molar-refractivity contribution >= 4 is 0 Å². The molecule has 0 aromatic heterocycles. The summed E-state index contributed by atoms with van der Waals surface area (Å²) in [6.07, 6.45) is 0.00347. The first-order chi connectivity index (χ1) is 7.56. The van der Waals surface area contributed by atoms with E-state index in [1.54, 1.807) is 12.1 Å². The molecule has 2 nitrogen and oxygen atoms in total. The van der Waals surface area contributed by atoms with Gasteiger partial charge in [0.15, 0.2) is 0 Å². The Kier molecular flexibility index (Phi) is 2.84. The Bertz CT molecular complexity index is 389. The van der Waals surface area contributed by atoms with Gasteiger partial charge in [-0.05, 0) is 30.9 Å². The Morgan fingerprint density at radius 2 is 2.12 bits per heavy atom. The average Bonchev–Trinajstić information content (AvgIpc) is 2.95. The summed E-state index contributed by atoms with van der Waals surface area (Å²) >= 11 is 0. The maximum absolute atomic E-state index is 12.7. The van der Waals surface area contributed by atoms with Crippen molar-refractivity contribution < 1.29 is 13.5 Å². The molecule has 0 bridgehead atoms. The molecule has 0 amide bonds. The van der Waals surface area contributed by atoms with Gasteiger partial charge in [0.25, 0.3) is 6.43 Å². The summed E-state index contributed by atoms with van der Waals surface area (Å²) in [4.78, 5) is 0. The molecule has 1 aromatic carbocycles. The van der Waals surface area contributed by atoms with Crippen LogP contribution in [-0.4, -0.2) is 12.6 Å². The number of methoxy groups -OCH3 is 1. The van der Waals surface area contributed by atoms with Crippen LogP contribution < -0.4 is 10.5 Å². The van der Waals surface area contributed by atoms with E-state index in [4.69, 9.17) is 10.5 Å². The molecule has 16 heavy (non-hydrogen) atoms. The molecule has 2 N–H and O–H groups in total. The summed E-state index contributed by atoms with van der Waals surface area (Å²) in [5, 5.41) is 0. The van der Waals surface area contributed by atoms with Gasteiger partial charge in [0.2, 0.25) is 0 Å². The van der Waals surface area contributed by atoms with Crippen LogP contribution >= 0.6 is 0 Å². The Morgan fingerprint density at radius 1 is 1.44 bits per heavy atom. The fraction of sp³-hybridized carbons (Fsp3) is 0.500. The van der Waals surface area contributed by atoms with Crippen LogP contribution in [0, 0.1) is 0 Å². The van der Waals surface area contributed by atoms with Crippen molar-refractivity contribution in [2.75, 3.05) is 7.11 Å². The average molecular weight is 227 g/mol. The number of alkyl halides is 2. The molecule has 0 saturated heterocycles. The lowest BCUT2D eigenvalue weighted by Crippen LogP contribution is -2.24. The van der Waals surface area contributed by atoms with Gasteiger partial charge in [-0.2, -0.15) is 0 Å². The van der Waals surface area contributed by atoms with E-state index in [2.05, 4.69) is 0 Å². The van der Waals surface area contributed by atoms with Crippen LogP contribution in [0.15, 0.2) is 18.2 Å². The summed E-state index contributed by atoms with van der Waals surface area (Å²) in [5.74, 6) is 0.286. The lowest BCUT2D eigenvalue weighted by Gasteiger charge is -2.15. The van der Waals surface area contributed by atoms with Crippen LogP contribution in [0.4, 0.5) is 8.78 Å². The Morgan fingerprint density at radius 3 is 2.62 bits per heavy atom. The molecule has 2 rings (SSSR count). The lowest BCUT2D eigenvalue weighted by molar-refractivity contribution is 0.147. The molecule has 88 valence electrons. The van der Waals surface area contributed by atoms with Crippen molar-refractivity contribution in [1.82, 2.24) is 0 Å². The molecular weight excluding hydrogens is 212 g/mol. The monoisotopic (exact) mass is 227 g/mol. The molecule has 1 aromatic rings. The predicted molar refractivity (Wildman–Crippen MR) is 57.8 cm³/mol. The van der Waals surface area contributed by atoms with Crippen LogP contribution in [0.25, 0.3) is 0 Å². The number of ether oxygens (including phenoxy) is 1. The zero-order valence-corrected chi connectivity index (χ0v) is 9.17. The van der Waals surface area contributed by atoms with E-state index in [0.717, 1.165) is 18.4 Å². The third-order valence-electron chi connectivity index (χ3n) is 3.00. The first-order valence-corrected chi connectivity index (χ1v) is 5.28. The van der Waals surface area contributed by atoms with Crippen molar-refractivity contribution in [3.63, 3.8) is 0 Å². The van der Waals surface area contributed by atoms with Crippen LogP contribution in [0.5, 0.6) is 5.75 Å². The second kappa shape index (κ2) is 4.01. The van der Waals surface area contributed by atoms with Crippen molar-refractivity contribution in [2.45, 2.75) is 31.2 Å². The maximum atomic E-state index is 12.7. The number of para-hydroxylation sites is 1. The zero-order valence-electron chi connectivity index (χ0n) is 9.17. The van der Waals surface area contributed by atoms with Gasteiger partial charge in [0.05, 0.1) is 12.7 Å². The summed E-state index contributed by atoms with van der Waals surface area (Å²) in [5.41, 5.74) is 6.51. The number of rotatable bonds is 4. The Balaban J connectivity index is 2.32. The number of halogens is 2. The van der Waals surface area contributed by atoms with Crippen LogP contribution in [0.2, 0.25) is 0 Å². The fourth-order valence-electron chi connectivity index (χ4n) is 1.88. The highest BCUT2D eigenvalue weighted by Gasteiger charge is 2.39. The Labute approximate surface area is 93.4 Å². The third-order valence-corrected chi connectivity index (χ3v) is 3.00. The first-order valence-electron chi connectivity index (χ1n) is 5.28. The number of benzene rings is 1. The topological polar surface area (TPSA) is 35.2 Å². The highest BCUT2D eigenvalue weighted by Crippen LogP contribution is 2.40. The van der Waals surface area contributed by atoms with E-state index in [-0.39, 0.29) is 16.9 Å². The summed E-state index contributed by atoms with van der Waals surface area (Å²) in [7, 11) is 1.42. The number of hydrogen-bond donors (Lipinski definition) is 1. The minimum atomic E-state index is -2.51. The molecule has 0 radical (unpaired) electrons. The largest absolute Gasteiger partial charge is 0.496 e. The van der Waals surface area contributed by atoms with Gasteiger partial charge in [-0.15, -0.1) is 0 Å². The summed E-state index contributed by atoms with van der Waals surface area (Å²) < 4.78 is 30.5. The number of hydrogen-bond acceptors (Lipinski definition) is 2. The van der Waals surface area contributed by atoms with Crippen molar-refractivity contribution in [2.24, 2.45) is 5.73 Å². The second-order valence-electron chi connectivity index (χ2n) is 4.38. The van der Waals surface area contributed by atoms with E-state index < -0.39 is 6.43 Å². The molecule has 1 fully saturated rings. The maximum Gasteiger partial charge on any atom is 0.267 e. The van der Waals surface area contributed by atoms with E-state index in [0.29, 0.717) is 6.42 Å². The molecular formula is C12H15F2NO. The van der Waals surface area contributed by atoms with Gasteiger partial charge in [0, 0.05) is 5.54 Å². The van der Waals surface area contributed by atoms with Gasteiger partial charge in [-0.1, -0.05) is 12.1 Å². The molecule has 0 unspecified atom stereocenters. The highest BCUT2D eigenvalue weighted by molar-refractivity contribution is 5.43. The van der Waals surface area contributed by atoms with E-state index in [1.165, 1.54) is 13.2 Å². The van der Waals surface area contributed by atoms with Gasteiger partial charge in [0.1, 0.15) is 5.75 Å². The Hall–Kier alpha value is -1.16. The highest BCUT2D eigenvalue weighted by atomic mass is 19.3. The normalized spacial score (nSPS) is 17.6.